The molecular formula is C13H13ClN2O. The summed E-state index contributed by atoms with van der Waals surface area (Å²) in [7, 11) is 0. The summed E-state index contributed by atoms with van der Waals surface area (Å²) in [6.45, 7) is 1.85. The fourth-order valence-electron chi connectivity index (χ4n) is 1.57. The maximum atomic E-state index is 9.03. The van der Waals surface area contributed by atoms with E-state index >= 15 is 0 Å². The number of aromatic nitrogens is 2. The predicted molar refractivity (Wildman–Crippen MR) is 66.9 cm³/mol. The van der Waals surface area contributed by atoms with Gasteiger partial charge in [-0.25, -0.2) is 9.97 Å². The van der Waals surface area contributed by atoms with Crippen molar-refractivity contribution in [3.05, 3.63) is 58.1 Å². The highest BCUT2D eigenvalue weighted by Crippen LogP contribution is 2.12. The van der Waals surface area contributed by atoms with Crippen LogP contribution in [0, 0.1) is 6.92 Å². The highest BCUT2D eigenvalue weighted by molar-refractivity contribution is 6.30. The Hall–Kier alpha value is -1.45. The van der Waals surface area contributed by atoms with Crippen molar-refractivity contribution in [1.82, 2.24) is 9.97 Å². The molecule has 0 fully saturated rings. The Morgan fingerprint density at radius 3 is 2.53 bits per heavy atom. The Morgan fingerprint density at radius 1 is 1.24 bits per heavy atom. The second-order valence-electron chi connectivity index (χ2n) is 3.86. The fraction of sp³-hybridized carbons (Fsp3) is 0.231. The lowest BCUT2D eigenvalue weighted by Gasteiger charge is -2.05. The van der Waals surface area contributed by atoms with Gasteiger partial charge in [-0.15, -0.1) is 0 Å². The van der Waals surface area contributed by atoms with E-state index in [0.29, 0.717) is 6.42 Å². The molecule has 1 aromatic carbocycles. The molecule has 1 N–H and O–H groups in total. The van der Waals surface area contributed by atoms with Crippen LogP contribution in [-0.4, -0.2) is 15.1 Å². The van der Waals surface area contributed by atoms with Crippen LogP contribution >= 0.6 is 11.6 Å². The first-order valence-electron chi connectivity index (χ1n) is 5.35. The molecule has 1 aromatic heterocycles. The number of benzene rings is 1. The van der Waals surface area contributed by atoms with E-state index in [0.717, 1.165) is 27.7 Å². The van der Waals surface area contributed by atoms with Gasteiger partial charge < -0.3 is 5.11 Å². The van der Waals surface area contributed by atoms with Crippen molar-refractivity contribution in [3.63, 3.8) is 0 Å². The smallest absolute Gasteiger partial charge is 0.132 e. The summed E-state index contributed by atoms with van der Waals surface area (Å²) < 4.78 is 0. The topological polar surface area (TPSA) is 46.0 Å². The standard InChI is InChI=1S/C13H13ClN2O/c1-9-11(8-17)7-15-13(16-9)6-10-2-4-12(14)5-3-10/h2-5,7,17H,6,8H2,1H3. The van der Waals surface area contributed by atoms with Crippen LogP contribution in [0.2, 0.25) is 5.02 Å². The zero-order chi connectivity index (χ0) is 12.3. The summed E-state index contributed by atoms with van der Waals surface area (Å²) in [4.78, 5) is 8.58. The normalized spacial score (nSPS) is 10.5. The number of hydrogen-bond acceptors (Lipinski definition) is 3. The molecule has 0 saturated heterocycles. The molecule has 0 bridgehead atoms. The Kier molecular flexibility index (Phi) is 3.71. The van der Waals surface area contributed by atoms with E-state index in [1.54, 1.807) is 6.20 Å². The molecular weight excluding hydrogens is 236 g/mol. The largest absolute Gasteiger partial charge is 0.392 e. The molecule has 0 aliphatic rings. The minimum atomic E-state index is -0.0208. The van der Waals surface area contributed by atoms with Crippen molar-refractivity contribution in [1.29, 1.82) is 0 Å². The highest BCUT2D eigenvalue weighted by atomic mass is 35.5. The first kappa shape index (κ1) is 12.0. The fourth-order valence-corrected chi connectivity index (χ4v) is 1.69. The third-order valence-electron chi connectivity index (χ3n) is 2.58. The van der Waals surface area contributed by atoms with Gasteiger partial charge in [0, 0.05) is 28.9 Å². The summed E-state index contributed by atoms with van der Waals surface area (Å²) in [5.41, 5.74) is 2.71. The summed E-state index contributed by atoms with van der Waals surface area (Å²) in [5.74, 6) is 0.752. The molecule has 2 aromatic rings. The van der Waals surface area contributed by atoms with Crippen LogP contribution in [-0.2, 0) is 13.0 Å². The van der Waals surface area contributed by atoms with E-state index in [2.05, 4.69) is 9.97 Å². The van der Waals surface area contributed by atoms with Crippen LogP contribution in [0.1, 0.15) is 22.6 Å². The van der Waals surface area contributed by atoms with Gasteiger partial charge in [0.25, 0.3) is 0 Å². The molecule has 2 rings (SSSR count). The zero-order valence-electron chi connectivity index (χ0n) is 9.52. The summed E-state index contributed by atoms with van der Waals surface area (Å²) in [6.07, 6.45) is 2.34. The van der Waals surface area contributed by atoms with E-state index in [4.69, 9.17) is 16.7 Å². The Bertz CT molecular complexity index is 511. The lowest BCUT2D eigenvalue weighted by Crippen LogP contribution is -2.01. The van der Waals surface area contributed by atoms with E-state index in [1.165, 1.54) is 0 Å². The third kappa shape index (κ3) is 3.02. The molecule has 3 nitrogen and oxygen atoms in total. The van der Waals surface area contributed by atoms with Crippen molar-refractivity contribution in [2.45, 2.75) is 20.0 Å². The predicted octanol–water partition coefficient (Wildman–Crippen LogP) is 2.52. The lowest BCUT2D eigenvalue weighted by atomic mass is 10.1. The van der Waals surface area contributed by atoms with Crippen LogP contribution in [0.15, 0.2) is 30.5 Å². The first-order valence-corrected chi connectivity index (χ1v) is 5.73. The van der Waals surface area contributed by atoms with Gasteiger partial charge in [0.05, 0.1) is 6.61 Å². The van der Waals surface area contributed by atoms with Crippen LogP contribution in [0.25, 0.3) is 0 Å². The van der Waals surface area contributed by atoms with Crippen LogP contribution in [0.4, 0.5) is 0 Å². The Morgan fingerprint density at radius 2 is 1.94 bits per heavy atom. The summed E-state index contributed by atoms with van der Waals surface area (Å²) in [6, 6.07) is 7.62. The van der Waals surface area contributed by atoms with Gasteiger partial charge in [0.2, 0.25) is 0 Å². The molecule has 0 atom stereocenters. The van der Waals surface area contributed by atoms with Gasteiger partial charge in [-0.05, 0) is 24.6 Å². The SMILES string of the molecule is Cc1nc(Cc2ccc(Cl)cc2)ncc1CO. The molecule has 0 saturated carbocycles. The number of aryl methyl sites for hydroxylation is 1. The Labute approximate surface area is 105 Å². The van der Waals surface area contributed by atoms with Gasteiger partial charge in [-0.1, -0.05) is 23.7 Å². The van der Waals surface area contributed by atoms with Gasteiger partial charge in [-0.3, -0.25) is 0 Å². The average molecular weight is 249 g/mol. The maximum Gasteiger partial charge on any atom is 0.132 e. The quantitative estimate of drug-likeness (QED) is 0.908. The number of nitrogens with zero attached hydrogens (tertiary/aromatic N) is 2. The number of rotatable bonds is 3. The minimum absolute atomic E-state index is 0.0208. The maximum absolute atomic E-state index is 9.03. The number of halogens is 1. The Balaban J connectivity index is 2.19. The number of aliphatic hydroxyl groups excluding tert-OH is 1. The molecule has 0 aliphatic carbocycles. The molecule has 0 spiro atoms. The molecule has 1 heterocycles. The van der Waals surface area contributed by atoms with E-state index in [1.807, 2.05) is 31.2 Å². The number of aliphatic hydroxyl groups is 1. The molecule has 0 amide bonds. The van der Waals surface area contributed by atoms with Crippen molar-refractivity contribution >= 4 is 11.6 Å². The first-order chi connectivity index (χ1) is 8.19. The minimum Gasteiger partial charge on any atom is -0.392 e. The van der Waals surface area contributed by atoms with Gasteiger partial charge >= 0.3 is 0 Å². The van der Waals surface area contributed by atoms with Gasteiger partial charge in [0.1, 0.15) is 5.82 Å². The second-order valence-corrected chi connectivity index (χ2v) is 4.29. The highest BCUT2D eigenvalue weighted by Gasteiger charge is 2.03. The van der Waals surface area contributed by atoms with Crippen LogP contribution < -0.4 is 0 Å². The van der Waals surface area contributed by atoms with E-state index in [9.17, 15) is 0 Å². The third-order valence-corrected chi connectivity index (χ3v) is 2.83. The molecule has 0 radical (unpaired) electrons. The summed E-state index contributed by atoms with van der Waals surface area (Å²) in [5, 5.41) is 9.76. The molecule has 0 aliphatic heterocycles. The van der Waals surface area contributed by atoms with Gasteiger partial charge in [-0.2, -0.15) is 0 Å². The monoisotopic (exact) mass is 248 g/mol. The number of hydrogen-bond donors (Lipinski definition) is 1. The van der Waals surface area contributed by atoms with Crippen molar-refractivity contribution in [2.75, 3.05) is 0 Å². The van der Waals surface area contributed by atoms with Gasteiger partial charge in [0.15, 0.2) is 0 Å². The molecule has 17 heavy (non-hydrogen) atoms. The van der Waals surface area contributed by atoms with Crippen molar-refractivity contribution in [3.8, 4) is 0 Å². The van der Waals surface area contributed by atoms with E-state index < -0.39 is 0 Å². The van der Waals surface area contributed by atoms with Crippen LogP contribution in [0.5, 0.6) is 0 Å². The lowest BCUT2D eigenvalue weighted by molar-refractivity contribution is 0.280. The van der Waals surface area contributed by atoms with E-state index in [-0.39, 0.29) is 6.61 Å². The van der Waals surface area contributed by atoms with Crippen LogP contribution in [0.3, 0.4) is 0 Å². The van der Waals surface area contributed by atoms with Crippen molar-refractivity contribution < 1.29 is 5.11 Å². The average Bonchev–Trinajstić information content (AvgIpc) is 2.32. The zero-order valence-corrected chi connectivity index (χ0v) is 10.3. The summed E-state index contributed by atoms with van der Waals surface area (Å²) >= 11 is 5.82. The van der Waals surface area contributed by atoms with Crippen molar-refractivity contribution in [2.24, 2.45) is 0 Å². The molecule has 4 heteroatoms. The molecule has 0 unspecified atom stereocenters. The molecule has 88 valence electrons. The second kappa shape index (κ2) is 5.25.